The molecule has 0 fully saturated rings. The van der Waals surface area contributed by atoms with Crippen LogP contribution in [0.3, 0.4) is 0 Å². The molecule has 142 valence electrons. The number of hydrogen-bond acceptors (Lipinski definition) is 6. The molecule has 1 amide bonds. The van der Waals surface area contributed by atoms with E-state index in [0.29, 0.717) is 5.69 Å². The number of rotatable bonds is 5. The normalized spacial score (nSPS) is 14.5. The molecule has 26 heavy (non-hydrogen) atoms. The van der Waals surface area contributed by atoms with Gasteiger partial charge in [0.2, 0.25) is 5.91 Å². The Balaban J connectivity index is 2.14. The Morgan fingerprint density at radius 3 is 2.54 bits per heavy atom. The Morgan fingerprint density at radius 1 is 1.31 bits per heavy atom. The number of nitro groups is 1. The van der Waals surface area contributed by atoms with Gasteiger partial charge in [0, 0.05) is 11.6 Å². The molecule has 2 rings (SSSR count). The van der Waals surface area contributed by atoms with Crippen LogP contribution in [-0.4, -0.2) is 35.4 Å². The number of amides is 1. The minimum absolute atomic E-state index is 0.0342. The fraction of sp³-hybridized carbons (Fsp3) is 0.556. The third-order valence-electron chi connectivity index (χ3n) is 3.82. The molecule has 0 unspecified atom stereocenters. The van der Waals surface area contributed by atoms with Crippen molar-refractivity contribution in [3.05, 3.63) is 28.3 Å². The third-order valence-corrected chi connectivity index (χ3v) is 3.82. The van der Waals surface area contributed by atoms with Crippen LogP contribution in [0.1, 0.15) is 41.0 Å². The van der Waals surface area contributed by atoms with Gasteiger partial charge in [0.1, 0.15) is 6.54 Å². The highest BCUT2D eigenvalue weighted by Gasteiger charge is 2.30. The average molecular weight is 363 g/mol. The largest absolute Gasteiger partial charge is 0.423 e. The molecule has 0 saturated heterocycles. The first-order chi connectivity index (χ1) is 11.9. The van der Waals surface area contributed by atoms with Crippen LogP contribution < -0.4 is 15.0 Å². The zero-order valence-electron chi connectivity index (χ0n) is 15.8. The minimum Gasteiger partial charge on any atom is -0.423 e. The van der Waals surface area contributed by atoms with Crippen molar-refractivity contribution in [1.82, 2.24) is 5.32 Å². The number of nitro benzene ring substituents is 1. The predicted octanol–water partition coefficient (Wildman–Crippen LogP) is 2.65. The smallest absolute Gasteiger partial charge is 0.331 e. The van der Waals surface area contributed by atoms with Gasteiger partial charge in [-0.05, 0) is 31.7 Å². The van der Waals surface area contributed by atoms with Crippen molar-refractivity contribution in [3.63, 3.8) is 0 Å². The molecule has 0 aromatic heterocycles. The number of carbonyl (C=O) groups excluding carboxylic acids is 2. The number of benzene rings is 1. The van der Waals surface area contributed by atoms with Gasteiger partial charge >= 0.3 is 5.97 Å². The summed E-state index contributed by atoms with van der Waals surface area (Å²) in [6.07, 6.45) is 0.788. The summed E-state index contributed by atoms with van der Waals surface area (Å²) in [6.45, 7) is 10.1. The molecule has 0 spiro atoms. The SMILES string of the molecule is CC(C)(C)CC(C)(C)NC(=O)CN1CC(=O)Oc2cc([N+](=O)[O-])ccc21. The molecule has 0 radical (unpaired) electrons. The maximum atomic E-state index is 12.5. The fourth-order valence-corrected chi connectivity index (χ4v) is 3.46. The summed E-state index contributed by atoms with van der Waals surface area (Å²) in [5.41, 5.74) is -0.0330. The highest BCUT2D eigenvalue weighted by atomic mass is 16.6. The molecule has 1 aliphatic rings. The fourth-order valence-electron chi connectivity index (χ4n) is 3.46. The molecule has 0 atom stereocenters. The van der Waals surface area contributed by atoms with Crippen molar-refractivity contribution in [2.24, 2.45) is 5.41 Å². The van der Waals surface area contributed by atoms with E-state index >= 15 is 0 Å². The van der Waals surface area contributed by atoms with Crippen LogP contribution in [0.2, 0.25) is 0 Å². The van der Waals surface area contributed by atoms with Gasteiger partial charge in [-0.1, -0.05) is 20.8 Å². The van der Waals surface area contributed by atoms with E-state index in [-0.39, 0.29) is 35.8 Å². The Bertz CT molecular complexity index is 737. The van der Waals surface area contributed by atoms with Crippen LogP contribution in [0.5, 0.6) is 5.75 Å². The second kappa shape index (κ2) is 6.93. The summed E-state index contributed by atoms with van der Waals surface area (Å²) in [5.74, 6) is -0.685. The highest BCUT2D eigenvalue weighted by molar-refractivity contribution is 5.89. The molecule has 1 heterocycles. The van der Waals surface area contributed by atoms with E-state index in [0.717, 1.165) is 6.42 Å². The summed E-state index contributed by atoms with van der Waals surface area (Å²) < 4.78 is 5.08. The quantitative estimate of drug-likeness (QED) is 0.373. The second-order valence-electron chi connectivity index (χ2n) is 8.41. The number of fused-ring (bicyclic) bond motifs is 1. The lowest BCUT2D eigenvalue weighted by molar-refractivity contribution is -0.384. The van der Waals surface area contributed by atoms with Gasteiger partial charge in [0.05, 0.1) is 23.2 Å². The Morgan fingerprint density at radius 2 is 1.96 bits per heavy atom. The van der Waals surface area contributed by atoms with Crippen molar-refractivity contribution in [2.45, 2.75) is 46.6 Å². The van der Waals surface area contributed by atoms with E-state index in [4.69, 9.17) is 4.74 Å². The summed E-state index contributed by atoms with van der Waals surface area (Å²) in [4.78, 5) is 36.2. The van der Waals surface area contributed by atoms with Gasteiger partial charge in [0.25, 0.3) is 5.69 Å². The lowest BCUT2D eigenvalue weighted by atomic mass is 9.82. The molecule has 1 aliphatic heterocycles. The molecule has 1 N–H and O–H groups in total. The Labute approximate surface area is 152 Å². The van der Waals surface area contributed by atoms with E-state index in [1.165, 1.54) is 18.2 Å². The number of esters is 1. The van der Waals surface area contributed by atoms with Crippen LogP contribution >= 0.6 is 0 Å². The summed E-state index contributed by atoms with van der Waals surface area (Å²) in [6, 6.07) is 4.01. The predicted molar refractivity (Wildman–Crippen MR) is 97.2 cm³/mol. The lowest BCUT2D eigenvalue weighted by Gasteiger charge is -2.35. The van der Waals surface area contributed by atoms with Crippen LogP contribution in [0.15, 0.2) is 18.2 Å². The molecule has 1 aromatic rings. The summed E-state index contributed by atoms with van der Waals surface area (Å²) in [7, 11) is 0. The van der Waals surface area contributed by atoms with Gasteiger partial charge in [0.15, 0.2) is 5.75 Å². The first-order valence-electron chi connectivity index (χ1n) is 8.41. The van der Waals surface area contributed by atoms with Crippen molar-refractivity contribution in [1.29, 1.82) is 0 Å². The van der Waals surface area contributed by atoms with E-state index in [1.807, 2.05) is 13.8 Å². The van der Waals surface area contributed by atoms with Gasteiger partial charge in [-0.25, -0.2) is 4.79 Å². The van der Waals surface area contributed by atoms with Crippen LogP contribution in [-0.2, 0) is 9.59 Å². The number of carbonyl (C=O) groups is 2. The van der Waals surface area contributed by atoms with Gasteiger partial charge in [-0.15, -0.1) is 0 Å². The number of non-ortho nitro benzene ring substituents is 1. The number of nitrogens with one attached hydrogen (secondary N) is 1. The maximum Gasteiger partial charge on any atom is 0.331 e. The van der Waals surface area contributed by atoms with E-state index in [1.54, 1.807) is 4.90 Å². The molecular formula is C18H25N3O5. The van der Waals surface area contributed by atoms with Crippen LogP contribution in [0.4, 0.5) is 11.4 Å². The van der Waals surface area contributed by atoms with E-state index in [2.05, 4.69) is 26.1 Å². The lowest BCUT2D eigenvalue weighted by Crippen LogP contribution is -2.50. The zero-order chi connectivity index (χ0) is 19.7. The highest BCUT2D eigenvalue weighted by Crippen LogP contribution is 2.35. The van der Waals surface area contributed by atoms with Crippen molar-refractivity contribution in [2.75, 3.05) is 18.0 Å². The van der Waals surface area contributed by atoms with E-state index < -0.39 is 16.4 Å². The van der Waals surface area contributed by atoms with Gasteiger partial charge < -0.3 is 15.0 Å². The molecule has 0 bridgehead atoms. The Hall–Kier alpha value is -2.64. The molecule has 1 aromatic carbocycles. The number of ether oxygens (including phenoxy) is 1. The first-order valence-corrected chi connectivity index (χ1v) is 8.41. The second-order valence-corrected chi connectivity index (χ2v) is 8.41. The minimum atomic E-state index is -0.561. The zero-order valence-corrected chi connectivity index (χ0v) is 15.8. The topological polar surface area (TPSA) is 102 Å². The van der Waals surface area contributed by atoms with Gasteiger partial charge in [-0.3, -0.25) is 14.9 Å². The summed E-state index contributed by atoms with van der Waals surface area (Å²) in [5, 5.41) is 13.9. The van der Waals surface area contributed by atoms with Crippen LogP contribution in [0.25, 0.3) is 0 Å². The first kappa shape index (κ1) is 19.7. The standard InChI is InChI=1S/C18H25N3O5/c1-17(2,3)11-18(4,5)19-15(22)9-20-10-16(23)26-14-8-12(21(24)25)6-7-13(14)20/h6-8H,9-11H2,1-5H3,(H,19,22). The third kappa shape index (κ3) is 5.18. The van der Waals surface area contributed by atoms with Crippen LogP contribution in [0, 0.1) is 15.5 Å². The molecule has 8 heteroatoms. The van der Waals surface area contributed by atoms with Crippen molar-refractivity contribution >= 4 is 23.3 Å². The van der Waals surface area contributed by atoms with E-state index in [9.17, 15) is 19.7 Å². The van der Waals surface area contributed by atoms with Gasteiger partial charge in [-0.2, -0.15) is 0 Å². The number of hydrogen-bond donors (Lipinski definition) is 1. The number of anilines is 1. The monoisotopic (exact) mass is 363 g/mol. The average Bonchev–Trinajstić information content (AvgIpc) is 2.42. The number of nitrogens with zero attached hydrogens (tertiary/aromatic N) is 2. The molecule has 8 nitrogen and oxygen atoms in total. The summed E-state index contributed by atoms with van der Waals surface area (Å²) >= 11 is 0. The van der Waals surface area contributed by atoms with Crippen molar-refractivity contribution < 1.29 is 19.2 Å². The Kier molecular flexibility index (Phi) is 5.25. The molecule has 0 saturated carbocycles. The molecular weight excluding hydrogens is 338 g/mol. The molecule has 0 aliphatic carbocycles. The van der Waals surface area contributed by atoms with Crippen molar-refractivity contribution in [3.8, 4) is 5.75 Å². The maximum absolute atomic E-state index is 12.5.